The van der Waals surface area contributed by atoms with E-state index in [0.29, 0.717) is 6.42 Å². The fourth-order valence-electron chi connectivity index (χ4n) is 3.21. The summed E-state index contributed by atoms with van der Waals surface area (Å²) in [7, 11) is 2.14. The molecule has 0 radical (unpaired) electrons. The normalized spacial score (nSPS) is 24.0. The van der Waals surface area contributed by atoms with Crippen molar-refractivity contribution in [3.8, 4) is 0 Å². The summed E-state index contributed by atoms with van der Waals surface area (Å²) in [5.41, 5.74) is 0. The molecule has 1 N–H and O–H groups in total. The summed E-state index contributed by atoms with van der Waals surface area (Å²) in [6, 6.07) is -0.480. The van der Waals surface area contributed by atoms with Crippen LogP contribution < -0.4 is 0 Å². The number of carboxylic acids is 1. The molecule has 3 rings (SSSR count). The van der Waals surface area contributed by atoms with E-state index in [-0.39, 0.29) is 0 Å². The third-order valence-electron chi connectivity index (χ3n) is 4.56. The largest absolute Gasteiger partial charge is 0.480 e. The Morgan fingerprint density at radius 2 is 2.05 bits per heavy atom. The van der Waals surface area contributed by atoms with Gasteiger partial charge in [-0.15, -0.1) is 10.2 Å². The van der Waals surface area contributed by atoms with Crippen LogP contribution in [0.5, 0.6) is 0 Å². The number of carbonyl (C=O) groups is 1. The third kappa shape index (κ3) is 3.08. The van der Waals surface area contributed by atoms with Crippen molar-refractivity contribution < 1.29 is 9.90 Å². The van der Waals surface area contributed by atoms with Gasteiger partial charge in [-0.1, -0.05) is 0 Å². The van der Waals surface area contributed by atoms with Gasteiger partial charge in [0.1, 0.15) is 17.7 Å². The quantitative estimate of drug-likeness (QED) is 0.844. The van der Waals surface area contributed by atoms with Gasteiger partial charge in [-0.3, -0.25) is 0 Å². The first-order valence-electron chi connectivity index (χ1n) is 7.71. The minimum absolute atomic E-state index is 0.480. The second-order valence-corrected chi connectivity index (χ2v) is 6.04. The maximum atomic E-state index is 11.4. The molecule has 3 heterocycles. The highest BCUT2D eigenvalue weighted by Crippen LogP contribution is 2.25. The summed E-state index contributed by atoms with van der Waals surface area (Å²) < 4.78 is 1.86. The Morgan fingerprint density at radius 3 is 2.76 bits per heavy atom. The van der Waals surface area contributed by atoms with Crippen LogP contribution >= 0.6 is 0 Å². The summed E-state index contributed by atoms with van der Waals surface area (Å²) in [6.45, 7) is 5.25. The van der Waals surface area contributed by atoms with Gasteiger partial charge in [-0.2, -0.15) is 0 Å². The molecule has 7 nitrogen and oxygen atoms in total. The van der Waals surface area contributed by atoms with Crippen molar-refractivity contribution in [1.29, 1.82) is 0 Å². The van der Waals surface area contributed by atoms with Crippen LogP contribution in [-0.2, 0) is 17.6 Å². The van der Waals surface area contributed by atoms with E-state index in [2.05, 4.69) is 27.0 Å². The van der Waals surface area contributed by atoms with Gasteiger partial charge in [0, 0.05) is 45.6 Å². The molecule has 0 bridgehead atoms. The van der Waals surface area contributed by atoms with Crippen LogP contribution in [0.4, 0.5) is 0 Å². The number of aryl methyl sites for hydroxylation is 1. The lowest BCUT2D eigenvalue weighted by Crippen LogP contribution is -2.45. The summed E-state index contributed by atoms with van der Waals surface area (Å²) in [5, 5.41) is 17.8. The van der Waals surface area contributed by atoms with E-state index in [1.54, 1.807) is 0 Å². The van der Waals surface area contributed by atoms with Crippen LogP contribution in [0.1, 0.15) is 30.5 Å². The van der Waals surface area contributed by atoms with Gasteiger partial charge >= 0.3 is 5.97 Å². The van der Waals surface area contributed by atoms with E-state index in [9.17, 15) is 9.90 Å². The Morgan fingerprint density at radius 1 is 1.29 bits per heavy atom. The summed E-state index contributed by atoms with van der Waals surface area (Å²) >= 11 is 0. The number of nitrogens with zero attached hydrogens (tertiary/aromatic N) is 5. The lowest BCUT2D eigenvalue weighted by molar-refractivity contribution is -0.141. The maximum absolute atomic E-state index is 11.4. The molecule has 1 aromatic heterocycles. The molecule has 0 aliphatic carbocycles. The summed E-state index contributed by atoms with van der Waals surface area (Å²) in [6.07, 6.45) is 3.18. The number of hydrogen-bond acceptors (Lipinski definition) is 5. The molecule has 1 fully saturated rings. The minimum Gasteiger partial charge on any atom is -0.480 e. The predicted molar refractivity (Wildman–Crippen MR) is 77.3 cm³/mol. The minimum atomic E-state index is -0.767. The van der Waals surface area contributed by atoms with Crippen LogP contribution in [-0.4, -0.2) is 75.4 Å². The lowest BCUT2D eigenvalue weighted by atomic mass is 10.0. The number of rotatable bonds is 4. The number of aliphatic carboxylic acids is 1. The van der Waals surface area contributed by atoms with Crippen molar-refractivity contribution in [2.45, 2.75) is 31.7 Å². The van der Waals surface area contributed by atoms with Crippen LogP contribution in [0, 0.1) is 0 Å². The standard InChI is InChI=1S/C14H23N5O2/c1-17-7-9-18(10-8-17)6-5-13-16-15-12-4-2-3-11(14(20)21)19(12)13/h11H,2-10H2,1H3,(H,20,21). The van der Waals surface area contributed by atoms with Gasteiger partial charge in [0.25, 0.3) is 0 Å². The van der Waals surface area contributed by atoms with Gasteiger partial charge < -0.3 is 19.5 Å². The van der Waals surface area contributed by atoms with E-state index < -0.39 is 12.0 Å². The average Bonchev–Trinajstić information content (AvgIpc) is 2.90. The molecule has 0 amide bonds. The molecule has 21 heavy (non-hydrogen) atoms. The van der Waals surface area contributed by atoms with E-state index in [0.717, 1.165) is 63.6 Å². The maximum Gasteiger partial charge on any atom is 0.326 e. The summed E-state index contributed by atoms with van der Waals surface area (Å²) in [5.74, 6) is 0.898. The number of hydrogen-bond donors (Lipinski definition) is 1. The molecule has 116 valence electrons. The zero-order valence-electron chi connectivity index (χ0n) is 12.5. The Labute approximate surface area is 124 Å². The van der Waals surface area contributed by atoms with E-state index in [1.165, 1.54) is 0 Å². The van der Waals surface area contributed by atoms with Crippen LogP contribution in [0.25, 0.3) is 0 Å². The Bertz CT molecular complexity index is 507. The van der Waals surface area contributed by atoms with Crippen LogP contribution in [0.15, 0.2) is 0 Å². The number of fused-ring (bicyclic) bond motifs is 1. The Hall–Kier alpha value is -1.47. The molecule has 2 aliphatic rings. The fourth-order valence-corrected chi connectivity index (χ4v) is 3.21. The van der Waals surface area contributed by atoms with Crippen molar-refractivity contribution in [1.82, 2.24) is 24.6 Å². The average molecular weight is 293 g/mol. The van der Waals surface area contributed by atoms with Crippen LogP contribution in [0.2, 0.25) is 0 Å². The second-order valence-electron chi connectivity index (χ2n) is 6.04. The Balaban J connectivity index is 1.66. The lowest BCUT2D eigenvalue weighted by Gasteiger charge is -2.32. The van der Waals surface area contributed by atoms with Crippen molar-refractivity contribution in [3.63, 3.8) is 0 Å². The molecule has 7 heteroatoms. The SMILES string of the molecule is CN1CCN(CCc2nnc3n2C(C(=O)O)CCC3)CC1. The molecular weight excluding hydrogens is 270 g/mol. The molecule has 1 aromatic rings. The number of aromatic nitrogens is 3. The van der Waals surface area contributed by atoms with Crippen LogP contribution in [0.3, 0.4) is 0 Å². The zero-order valence-corrected chi connectivity index (χ0v) is 12.5. The second kappa shape index (κ2) is 6.11. The molecule has 0 saturated carbocycles. The third-order valence-corrected chi connectivity index (χ3v) is 4.56. The molecule has 0 spiro atoms. The molecular formula is C14H23N5O2. The van der Waals surface area contributed by atoms with E-state index >= 15 is 0 Å². The van der Waals surface area contributed by atoms with E-state index in [1.807, 2.05) is 4.57 Å². The molecule has 1 unspecified atom stereocenters. The number of carboxylic acid groups (broad SMARTS) is 1. The fraction of sp³-hybridized carbons (Fsp3) is 0.786. The zero-order chi connectivity index (χ0) is 14.8. The van der Waals surface area contributed by atoms with Crippen molar-refractivity contribution in [3.05, 3.63) is 11.6 Å². The first kappa shape index (κ1) is 14.5. The van der Waals surface area contributed by atoms with Crippen molar-refractivity contribution >= 4 is 5.97 Å². The molecule has 1 atom stereocenters. The molecule has 0 aromatic carbocycles. The Kier molecular flexibility index (Phi) is 4.21. The number of likely N-dealkylation sites (N-methyl/N-ethyl adjacent to an activating group) is 1. The van der Waals surface area contributed by atoms with E-state index in [4.69, 9.17) is 0 Å². The number of piperazine rings is 1. The highest BCUT2D eigenvalue weighted by Gasteiger charge is 2.29. The highest BCUT2D eigenvalue weighted by molar-refractivity contribution is 5.72. The highest BCUT2D eigenvalue weighted by atomic mass is 16.4. The smallest absolute Gasteiger partial charge is 0.326 e. The van der Waals surface area contributed by atoms with Gasteiger partial charge in [-0.05, 0) is 19.9 Å². The monoisotopic (exact) mass is 293 g/mol. The van der Waals surface area contributed by atoms with Gasteiger partial charge in [-0.25, -0.2) is 4.79 Å². The van der Waals surface area contributed by atoms with Gasteiger partial charge in [0.2, 0.25) is 0 Å². The molecule has 2 aliphatic heterocycles. The first-order valence-corrected chi connectivity index (χ1v) is 7.71. The van der Waals surface area contributed by atoms with Gasteiger partial charge in [0.15, 0.2) is 0 Å². The topological polar surface area (TPSA) is 74.5 Å². The van der Waals surface area contributed by atoms with Crippen molar-refractivity contribution in [2.24, 2.45) is 0 Å². The van der Waals surface area contributed by atoms with Gasteiger partial charge in [0.05, 0.1) is 0 Å². The summed E-state index contributed by atoms with van der Waals surface area (Å²) in [4.78, 5) is 16.2. The van der Waals surface area contributed by atoms with Crippen molar-refractivity contribution in [2.75, 3.05) is 39.8 Å². The first-order chi connectivity index (χ1) is 10.1. The predicted octanol–water partition coefficient (Wildman–Crippen LogP) is 0.0300. The molecule has 1 saturated heterocycles.